The van der Waals surface area contributed by atoms with E-state index in [0.717, 1.165) is 43.0 Å². The second kappa shape index (κ2) is 9.49. The highest BCUT2D eigenvalue weighted by atomic mass is 16.5. The fraction of sp³-hybridized carbons (Fsp3) is 0.458. The number of amides is 1. The minimum absolute atomic E-state index is 0.0416. The van der Waals surface area contributed by atoms with Crippen molar-refractivity contribution in [1.82, 2.24) is 10.2 Å². The van der Waals surface area contributed by atoms with Gasteiger partial charge in [-0.15, -0.1) is 0 Å². The Hall–Kier alpha value is -2.57. The smallest absolute Gasteiger partial charge is 0.251 e. The normalized spacial score (nSPS) is 18.0. The quantitative estimate of drug-likeness (QED) is 0.700. The van der Waals surface area contributed by atoms with E-state index >= 15 is 0 Å². The van der Waals surface area contributed by atoms with E-state index < -0.39 is 6.10 Å². The van der Waals surface area contributed by atoms with E-state index in [-0.39, 0.29) is 12.5 Å². The van der Waals surface area contributed by atoms with Crippen LogP contribution >= 0.6 is 0 Å². The van der Waals surface area contributed by atoms with Crippen molar-refractivity contribution in [3.05, 3.63) is 59.2 Å². The highest BCUT2D eigenvalue weighted by Gasteiger charge is 2.28. The number of nitrogens with zero attached hydrogens (tertiary/aromatic N) is 1. The molecule has 2 aliphatic heterocycles. The molecule has 2 aromatic rings. The molecule has 4 rings (SSSR count). The minimum atomic E-state index is -0.532. The van der Waals surface area contributed by atoms with Gasteiger partial charge in [0.15, 0.2) is 0 Å². The average Bonchev–Trinajstić information content (AvgIpc) is 3.15. The number of β-amino-alcohol motifs (C(OH)–C–C–N with tert-alkyl or cyclic N) is 1. The zero-order valence-electron chi connectivity index (χ0n) is 17.5. The molecule has 2 aliphatic rings. The number of ether oxygens (including phenoxy) is 2. The molecule has 0 aliphatic carbocycles. The number of nitrogens with one attached hydrogen (secondary N) is 1. The van der Waals surface area contributed by atoms with Gasteiger partial charge in [0, 0.05) is 18.7 Å². The van der Waals surface area contributed by atoms with E-state index in [2.05, 4.69) is 16.3 Å². The van der Waals surface area contributed by atoms with Gasteiger partial charge in [0.25, 0.3) is 5.91 Å². The van der Waals surface area contributed by atoms with Gasteiger partial charge in [-0.25, -0.2) is 0 Å². The molecule has 2 heterocycles. The van der Waals surface area contributed by atoms with E-state index in [0.29, 0.717) is 25.6 Å². The Kier molecular flexibility index (Phi) is 6.55. The summed E-state index contributed by atoms with van der Waals surface area (Å²) in [4.78, 5) is 14.2. The molecule has 1 atom stereocenters. The number of carbonyl (C=O) groups excluding carboxylic acids is 1. The third-order valence-corrected chi connectivity index (χ3v) is 5.96. The summed E-state index contributed by atoms with van der Waals surface area (Å²) in [6, 6.07) is 13.5. The number of aliphatic hydroxyl groups is 1. The Bertz CT molecular complexity index is 860. The van der Waals surface area contributed by atoms with E-state index in [9.17, 15) is 9.90 Å². The monoisotopic (exact) mass is 410 g/mol. The highest BCUT2D eigenvalue weighted by Crippen LogP contribution is 2.33. The molecule has 0 radical (unpaired) electrons. The Morgan fingerprint density at radius 3 is 2.50 bits per heavy atom. The number of fused-ring (bicyclic) bond motifs is 1. The van der Waals surface area contributed by atoms with Crippen molar-refractivity contribution in [1.29, 1.82) is 0 Å². The van der Waals surface area contributed by atoms with Crippen LogP contribution in [0.4, 0.5) is 0 Å². The maximum atomic E-state index is 11.9. The Balaban J connectivity index is 1.23. The maximum absolute atomic E-state index is 11.9. The van der Waals surface area contributed by atoms with Gasteiger partial charge in [-0.05, 0) is 80.2 Å². The van der Waals surface area contributed by atoms with Gasteiger partial charge < -0.3 is 24.8 Å². The van der Waals surface area contributed by atoms with Crippen LogP contribution in [0, 0.1) is 0 Å². The number of hydrogen-bond donors (Lipinski definition) is 2. The lowest BCUT2D eigenvalue weighted by molar-refractivity contribution is 0.0594. The first-order valence-electron chi connectivity index (χ1n) is 10.8. The number of aliphatic hydroxyl groups excluding tert-OH is 1. The molecule has 0 bridgehead atoms. The molecule has 2 N–H and O–H groups in total. The second-order valence-corrected chi connectivity index (χ2v) is 8.00. The van der Waals surface area contributed by atoms with Crippen LogP contribution in [0.1, 0.15) is 47.2 Å². The van der Waals surface area contributed by atoms with Crippen LogP contribution in [0.25, 0.3) is 0 Å². The van der Waals surface area contributed by atoms with Crippen molar-refractivity contribution in [2.24, 2.45) is 0 Å². The average molecular weight is 411 g/mol. The lowest BCUT2D eigenvalue weighted by Gasteiger charge is -2.34. The first-order chi connectivity index (χ1) is 14.6. The van der Waals surface area contributed by atoms with Crippen LogP contribution in [-0.4, -0.2) is 54.9 Å². The number of piperidine rings is 1. The summed E-state index contributed by atoms with van der Waals surface area (Å²) in [7, 11) is 0. The number of rotatable bonds is 8. The van der Waals surface area contributed by atoms with E-state index in [1.165, 1.54) is 11.1 Å². The molecular formula is C24H30N2O4. The van der Waals surface area contributed by atoms with Gasteiger partial charge >= 0.3 is 0 Å². The van der Waals surface area contributed by atoms with Gasteiger partial charge in [0.2, 0.25) is 0 Å². The summed E-state index contributed by atoms with van der Waals surface area (Å²) in [5, 5.41) is 13.3. The van der Waals surface area contributed by atoms with Gasteiger partial charge in [0.05, 0.1) is 6.61 Å². The Labute approximate surface area is 177 Å². The summed E-state index contributed by atoms with van der Waals surface area (Å²) >= 11 is 0. The van der Waals surface area contributed by atoms with Crippen LogP contribution in [0.2, 0.25) is 0 Å². The topological polar surface area (TPSA) is 71.0 Å². The molecule has 1 fully saturated rings. The molecule has 0 saturated carbocycles. The summed E-state index contributed by atoms with van der Waals surface area (Å²) < 4.78 is 11.1. The van der Waals surface area contributed by atoms with Crippen LogP contribution in [0.15, 0.2) is 42.5 Å². The first-order valence-corrected chi connectivity index (χ1v) is 10.8. The SMILES string of the molecule is CCOc1ccc(OCC(O)CN2CCC(c3cccc4c3CNC4=O)CC2)cc1. The summed E-state index contributed by atoms with van der Waals surface area (Å²) in [6.45, 7) is 5.99. The Morgan fingerprint density at radius 2 is 1.80 bits per heavy atom. The van der Waals surface area contributed by atoms with Crippen LogP contribution in [-0.2, 0) is 6.54 Å². The van der Waals surface area contributed by atoms with Gasteiger partial charge in [-0.1, -0.05) is 12.1 Å². The molecule has 30 heavy (non-hydrogen) atoms. The van der Waals surface area contributed by atoms with Crippen LogP contribution < -0.4 is 14.8 Å². The van der Waals surface area contributed by atoms with Crippen molar-refractivity contribution in [2.45, 2.75) is 38.3 Å². The van der Waals surface area contributed by atoms with Crippen molar-refractivity contribution in [2.75, 3.05) is 32.8 Å². The zero-order chi connectivity index (χ0) is 20.9. The third kappa shape index (κ3) is 4.77. The molecule has 1 saturated heterocycles. The number of likely N-dealkylation sites (tertiary alicyclic amines) is 1. The van der Waals surface area contributed by atoms with Crippen molar-refractivity contribution < 1.29 is 19.4 Å². The second-order valence-electron chi connectivity index (χ2n) is 8.00. The molecular weight excluding hydrogens is 380 g/mol. The minimum Gasteiger partial charge on any atom is -0.494 e. The lowest BCUT2D eigenvalue weighted by atomic mass is 9.85. The predicted molar refractivity (Wildman–Crippen MR) is 115 cm³/mol. The van der Waals surface area contributed by atoms with Gasteiger partial charge in [0.1, 0.15) is 24.2 Å². The fourth-order valence-electron chi connectivity index (χ4n) is 4.43. The van der Waals surface area contributed by atoms with E-state index in [4.69, 9.17) is 9.47 Å². The summed E-state index contributed by atoms with van der Waals surface area (Å²) in [6.07, 6.45) is 1.55. The number of benzene rings is 2. The summed E-state index contributed by atoms with van der Waals surface area (Å²) in [5.74, 6) is 2.07. The molecule has 2 aromatic carbocycles. The lowest BCUT2D eigenvalue weighted by Crippen LogP contribution is -2.40. The van der Waals surface area contributed by atoms with Crippen molar-refractivity contribution in [3.63, 3.8) is 0 Å². The van der Waals surface area contributed by atoms with Crippen LogP contribution in [0.3, 0.4) is 0 Å². The molecule has 6 nitrogen and oxygen atoms in total. The van der Waals surface area contributed by atoms with Gasteiger partial charge in [-0.2, -0.15) is 0 Å². The number of hydrogen-bond acceptors (Lipinski definition) is 5. The molecule has 0 aromatic heterocycles. The number of carbonyl (C=O) groups is 1. The molecule has 160 valence electrons. The molecule has 1 amide bonds. The van der Waals surface area contributed by atoms with Gasteiger partial charge in [-0.3, -0.25) is 4.79 Å². The van der Waals surface area contributed by atoms with Crippen molar-refractivity contribution in [3.8, 4) is 11.5 Å². The molecule has 6 heteroatoms. The predicted octanol–water partition coefficient (Wildman–Crippen LogP) is 2.95. The Morgan fingerprint density at radius 1 is 1.10 bits per heavy atom. The summed E-state index contributed by atoms with van der Waals surface area (Å²) in [5.41, 5.74) is 3.31. The third-order valence-electron chi connectivity index (χ3n) is 5.96. The first kappa shape index (κ1) is 20.7. The fourth-order valence-corrected chi connectivity index (χ4v) is 4.43. The largest absolute Gasteiger partial charge is 0.494 e. The van der Waals surface area contributed by atoms with E-state index in [1.807, 2.05) is 43.3 Å². The molecule has 1 unspecified atom stereocenters. The highest BCUT2D eigenvalue weighted by molar-refractivity contribution is 5.98. The van der Waals surface area contributed by atoms with Crippen LogP contribution in [0.5, 0.6) is 11.5 Å². The maximum Gasteiger partial charge on any atom is 0.251 e. The van der Waals surface area contributed by atoms with E-state index in [1.54, 1.807) is 0 Å². The zero-order valence-corrected chi connectivity index (χ0v) is 17.5. The molecule has 0 spiro atoms. The standard InChI is InChI=1S/C24H30N2O4/c1-2-29-19-6-8-20(9-7-19)30-16-18(27)15-26-12-10-17(11-13-26)21-4-3-5-22-23(21)14-25-24(22)28/h3-9,17-18,27H,2,10-16H2,1H3,(H,25,28). The van der Waals surface area contributed by atoms with Crippen molar-refractivity contribution >= 4 is 5.91 Å².